The molecule has 10 heteroatoms. The molecule has 4 rings (SSSR count). The van der Waals surface area contributed by atoms with Crippen molar-refractivity contribution in [1.29, 1.82) is 0 Å². The highest BCUT2D eigenvalue weighted by molar-refractivity contribution is 6.31. The largest absolute Gasteiger partial charge is 0.467 e. The number of ether oxygens (including phenoxy) is 1. The number of aromatic nitrogens is 2. The van der Waals surface area contributed by atoms with Crippen molar-refractivity contribution < 1.29 is 18.7 Å². The third kappa shape index (κ3) is 3.67. The van der Waals surface area contributed by atoms with Crippen LogP contribution < -0.4 is 16.2 Å². The minimum atomic E-state index is -0.856. The standard InChI is InChI=1S/C20H17ClN4O5/c1-2-29-19(27)16-14(23-20(28)24-17(16)15-4-3-7-30-15)9-25-10-22-13-8-11(21)5-6-12(13)18(25)26/h3-8,10,17H,2,9H2,1H3,(H2,23,24,28)/t17-/m0/s1. The number of allylic oxidation sites excluding steroid dienone is 1. The predicted octanol–water partition coefficient (Wildman–Crippen LogP) is 2.51. The average Bonchev–Trinajstić information content (AvgIpc) is 3.24. The highest BCUT2D eigenvalue weighted by Gasteiger charge is 2.35. The first-order chi connectivity index (χ1) is 14.5. The van der Waals surface area contributed by atoms with Crippen LogP contribution in [0.3, 0.4) is 0 Å². The van der Waals surface area contributed by atoms with Gasteiger partial charge in [-0.3, -0.25) is 9.36 Å². The van der Waals surface area contributed by atoms with E-state index in [4.69, 9.17) is 20.8 Å². The van der Waals surface area contributed by atoms with E-state index >= 15 is 0 Å². The number of carbonyl (C=O) groups excluding carboxylic acids is 2. The van der Waals surface area contributed by atoms with Crippen LogP contribution in [0, 0.1) is 0 Å². The molecule has 2 aromatic heterocycles. The molecule has 1 aromatic carbocycles. The molecular formula is C20H17ClN4O5. The fourth-order valence-electron chi connectivity index (χ4n) is 3.28. The predicted molar refractivity (Wildman–Crippen MR) is 108 cm³/mol. The van der Waals surface area contributed by atoms with Gasteiger partial charge in [0.15, 0.2) is 0 Å². The highest BCUT2D eigenvalue weighted by Crippen LogP contribution is 2.28. The molecule has 9 nitrogen and oxygen atoms in total. The molecule has 1 atom stereocenters. The van der Waals surface area contributed by atoms with E-state index in [1.807, 2.05) is 0 Å². The van der Waals surface area contributed by atoms with Gasteiger partial charge < -0.3 is 19.8 Å². The minimum Gasteiger partial charge on any atom is -0.467 e. The first-order valence-electron chi connectivity index (χ1n) is 9.13. The van der Waals surface area contributed by atoms with Gasteiger partial charge in [-0.1, -0.05) is 11.6 Å². The first kappa shape index (κ1) is 19.7. The summed E-state index contributed by atoms with van der Waals surface area (Å²) in [6.45, 7) is 1.73. The number of urea groups is 1. The van der Waals surface area contributed by atoms with E-state index in [9.17, 15) is 14.4 Å². The van der Waals surface area contributed by atoms with E-state index in [0.717, 1.165) is 0 Å². The van der Waals surface area contributed by atoms with Crippen molar-refractivity contribution in [3.05, 3.63) is 75.3 Å². The number of nitrogens with one attached hydrogen (secondary N) is 2. The van der Waals surface area contributed by atoms with Crippen molar-refractivity contribution in [3.63, 3.8) is 0 Å². The number of hydrogen-bond donors (Lipinski definition) is 2. The number of carbonyl (C=O) groups is 2. The lowest BCUT2D eigenvalue weighted by atomic mass is 10.00. The Morgan fingerprint density at radius 1 is 1.33 bits per heavy atom. The zero-order valence-electron chi connectivity index (χ0n) is 15.8. The fourth-order valence-corrected chi connectivity index (χ4v) is 3.44. The molecule has 1 aliphatic heterocycles. The first-order valence-corrected chi connectivity index (χ1v) is 9.51. The van der Waals surface area contributed by atoms with Crippen LogP contribution in [0.1, 0.15) is 18.7 Å². The van der Waals surface area contributed by atoms with Gasteiger partial charge in [0, 0.05) is 5.02 Å². The molecule has 0 radical (unpaired) electrons. The third-order valence-corrected chi connectivity index (χ3v) is 4.83. The van der Waals surface area contributed by atoms with Crippen LogP contribution in [0.15, 0.2) is 63.4 Å². The highest BCUT2D eigenvalue weighted by atomic mass is 35.5. The monoisotopic (exact) mass is 428 g/mol. The average molecular weight is 429 g/mol. The van der Waals surface area contributed by atoms with E-state index in [1.165, 1.54) is 17.2 Å². The molecule has 0 spiro atoms. The lowest BCUT2D eigenvalue weighted by Gasteiger charge is -2.28. The molecule has 154 valence electrons. The Labute approximate surface area is 175 Å². The molecule has 0 unspecified atom stereocenters. The molecule has 0 saturated carbocycles. The van der Waals surface area contributed by atoms with E-state index in [-0.39, 0.29) is 30.0 Å². The molecule has 2 amide bonds. The molecule has 0 bridgehead atoms. The number of hydrogen-bond acceptors (Lipinski definition) is 6. The van der Waals surface area contributed by atoms with Crippen LogP contribution in [0.4, 0.5) is 4.79 Å². The van der Waals surface area contributed by atoms with Gasteiger partial charge in [-0.25, -0.2) is 14.6 Å². The maximum absolute atomic E-state index is 12.9. The summed E-state index contributed by atoms with van der Waals surface area (Å²) in [5.74, 6) is -0.265. The number of benzene rings is 1. The van der Waals surface area contributed by atoms with E-state index in [1.54, 1.807) is 37.3 Å². The molecule has 0 aliphatic carbocycles. The van der Waals surface area contributed by atoms with Gasteiger partial charge in [-0.15, -0.1) is 0 Å². The number of amides is 2. The van der Waals surface area contributed by atoms with Gasteiger partial charge >= 0.3 is 12.0 Å². The SMILES string of the molecule is CCOC(=O)C1=C(Cn2cnc3cc(Cl)ccc3c2=O)NC(=O)N[C@H]1c1ccco1. The zero-order chi connectivity index (χ0) is 21.3. The normalized spacial score (nSPS) is 16.3. The van der Waals surface area contributed by atoms with Gasteiger partial charge in [0.25, 0.3) is 5.56 Å². The van der Waals surface area contributed by atoms with E-state index in [0.29, 0.717) is 21.7 Å². The summed E-state index contributed by atoms with van der Waals surface area (Å²) in [5, 5.41) is 6.09. The van der Waals surface area contributed by atoms with Crippen molar-refractivity contribution in [3.8, 4) is 0 Å². The van der Waals surface area contributed by atoms with Crippen LogP contribution in [0.2, 0.25) is 5.02 Å². The zero-order valence-corrected chi connectivity index (χ0v) is 16.6. The topological polar surface area (TPSA) is 115 Å². The maximum Gasteiger partial charge on any atom is 0.338 e. The van der Waals surface area contributed by atoms with Crippen molar-refractivity contribution in [2.75, 3.05) is 6.61 Å². The van der Waals surface area contributed by atoms with Crippen LogP contribution in [-0.4, -0.2) is 28.2 Å². The van der Waals surface area contributed by atoms with Crippen LogP contribution in [-0.2, 0) is 16.1 Å². The fraction of sp³-hybridized carbons (Fsp3) is 0.200. The van der Waals surface area contributed by atoms with Crippen molar-refractivity contribution in [2.24, 2.45) is 0 Å². The van der Waals surface area contributed by atoms with Gasteiger partial charge in [0.1, 0.15) is 11.8 Å². The number of halogens is 1. The van der Waals surface area contributed by atoms with Crippen molar-refractivity contribution in [2.45, 2.75) is 19.5 Å². The third-order valence-electron chi connectivity index (χ3n) is 4.59. The molecule has 1 aliphatic rings. The lowest BCUT2D eigenvalue weighted by Crippen LogP contribution is -2.47. The summed E-state index contributed by atoms with van der Waals surface area (Å²) >= 11 is 5.96. The minimum absolute atomic E-state index is 0.0941. The van der Waals surface area contributed by atoms with E-state index in [2.05, 4.69) is 15.6 Å². The number of esters is 1. The van der Waals surface area contributed by atoms with Crippen LogP contribution in [0.5, 0.6) is 0 Å². The Kier molecular flexibility index (Phi) is 5.28. The molecule has 30 heavy (non-hydrogen) atoms. The summed E-state index contributed by atoms with van der Waals surface area (Å²) in [5.41, 5.74) is 0.478. The molecule has 0 fully saturated rings. The van der Waals surface area contributed by atoms with Gasteiger partial charge in [-0.2, -0.15) is 0 Å². The van der Waals surface area contributed by atoms with Crippen LogP contribution >= 0.6 is 11.6 Å². The number of fused-ring (bicyclic) bond motifs is 1. The summed E-state index contributed by atoms with van der Waals surface area (Å²) in [6, 6.07) is 6.66. The second-order valence-electron chi connectivity index (χ2n) is 6.50. The van der Waals surface area contributed by atoms with Crippen molar-refractivity contribution in [1.82, 2.24) is 20.2 Å². The van der Waals surface area contributed by atoms with Crippen LogP contribution in [0.25, 0.3) is 10.9 Å². The number of furan rings is 1. The Morgan fingerprint density at radius 2 is 2.17 bits per heavy atom. The molecule has 2 N–H and O–H groups in total. The summed E-state index contributed by atoms with van der Waals surface area (Å²) < 4.78 is 11.9. The molecule has 3 heterocycles. The Hall–Kier alpha value is -3.59. The quantitative estimate of drug-likeness (QED) is 0.603. The maximum atomic E-state index is 12.9. The smallest absolute Gasteiger partial charge is 0.338 e. The van der Waals surface area contributed by atoms with Gasteiger partial charge in [-0.05, 0) is 37.3 Å². The number of nitrogens with zero attached hydrogens (tertiary/aromatic N) is 2. The summed E-state index contributed by atoms with van der Waals surface area (Å²) in [4.78, 5) is 42.1. The molecule has 0 saturated heterocycles. The Morgan fingerprint density at radius 3 is 2.90 bits per heavy atom. The Balaban J connectivity index is 1.82. The summed E-state index contributed by atoms with van der Waals surface area (Å²) in [6.07, 6.45) is 2.78. The Bertz CT molecular complexity index is 1220. The molecule has 3 aromatic rings. The second-order valence-corrected chi connectivity index (χ2v) is 6.94. The van der Waals surface area contributed by atoms with Gasteiger partial charge in [0.2, 0.25) is 0 Å². The van der Waals surface area contributed by atoms with E-state index < -0.39 is 18.0 Å². The summed E-state index contributed by atoms with van der Waals surface area (Å²) in [7, 11) is 0. The van der Waals surface area contributed by atoms with Gasteiger partial charge in [0.05, 0.1) is 47.9 Å². The molecular weight excluding hydrogens is 412 g/mol. The lowest BCUT2D eigenvalue weighted by molar-refractivity contribution is -0.139. The second kappa shape index (κ2) is 8.03. The number of rotatable bonds is 5. The van der Waals surface area contributed by atoms with Crippen molar-refractivity contribution >= 4 is 34.5 Å².